The van der Waals surface area contributed by atoms with E-state index in [4.69, 9.17) is 0 Å². The molecule has 1 aliphatic heterocycles. The highest BCUT2D eigenvalue weighted by Crippen LogP contribution is 2.21. The summed E-state index contributed by atoms with van der Waals surface area (Å²) in [6, 6.07) is 20.1. The predicted molar refractivity (Wildman–Crippen MR) is 101 cm³/mol. The Morgan fingerprint density at radius 1 is 0.880 bits per heavy atom. The highest BCUT2D eigenvalue weighted by atomic mass is 16.2. The number of hydrogen-bond donors (Lipinski definition) is 0. The molecule has 0 atom stereocenters. The van der Waals surface area contributed by atoms with Crippen molar-refractivity contribution in [2.75, 3.05) is 31.1 Å². The van der Waals surface area contributed by atoms with Gasteiger partial charge in [0.05, 0.1) is 5.52 Å². The number of aryl methyl sites for hydroxylation is 1. The third-order valence-electron chi connectivity index (χ3n) is 4.84. The van der Waals surface area contributed by atoms with Gasteiger partial charge in [-0.2, -0.15) is 0 Å². The zero-order chi connectivity index (χ0) is 17.2. The lowest BCUT2D eigenvalue weighted by Crippen LogP contribution is -2.49. The Labute approximate surface area is 147 Å². The summed E-state index contributed by atoms with van der Waals surface area (Å²) in [5, 5.41) is 1.06. The maximum atomic E-state index is 12.8. The molecule has 0 saturated carbocycles. The molecule has 2 aromatic carbocycles. The third-order valence-corrected chi connectivity index (χ3v) is 4.84. The Bertz CT molecular complexity index is 914. The number of nitrogens with zero attached hydrogens (tertiary/aromatic N) is 3. The van der Waals surface area contributed by atoms with Crippen LogP contribution in [0.5, 0.6) is 0 Å². The van der Waals surface area contributed by atoms with Crippen molar-refractivity contribution in [3.63, 3.8) is 0 Å². The third kappa shape index (κ3) is 3.07. The summed E-state index contributed by atoms with van der Waals surface area (Å²) in [4.78, 5) is 21.6. The molecule has 0 spiro atoms. The highest BCUT2D eigenvalue weighted by Gasteiger charge is 2.23. The number of fused-ring (bicyclic) bond motifs is 1. The summed E-state index contributed by atoms with van der Waals surface area (Å²) >= 11 is 0. The van der Waals surface area contributed by atoms with Gasteiger partial charge in [0, 0.05) is 37.3 Å². The fourth-order valence-corrected chi connectivity index (χ4v) is 3.42. The van der Waals surface area contributed by atoms with Crippen LogP contribution >= 0.6 is 0 Å². The molecule has 0 radical (unpaired) electrons. The van der Waals surface area contributed by atoms with Crippen molar-refractivity contribution in [2.45, 2.75) is 6.92 Å². The van der Waals surface area contributed by atoms with E-state index < -0.39 is 0 Å². The lowest BCUT2D eigenvalue weighted by molar-refractivity contribution is 0.0741. The molecule has 4 rings (SSSR count). The number of rotatable bonds is 2. The van der Waals surface area contributed by atoms with Gasteiger partial charge in [0.15, 0.2) is 0 Å². The molecular weight excluding hydrogens is 310 g/mol. The molecular formula is C21H21N3O. The van der Waals surface area contributed by atoms with Crippen molar-refractivity contribution in [1.82, 2.24) is 9.88 Å². The second kappa shape index (κ2) is 6.55. The lowest BCUT2D eigenvalue weighted by atomic mass is 10.1. The average Bonchev–Trinajstić information content (AvgIpc) is 2.67. The van der Waals surface area contributed by atoms with Gasteiger partial charge < -0.3 is 9.80 Å². The van der Waals surface area contributed by atoms with Crippen LogP contribution in [0.1, 0.15) is 16.1 Å². The SMILES string of the molecule is Cc1ccccc1N1CCN(C(=O)c2ccc3ccccc3n2)CC1. The maximum absolute atomic E-state index is 12.8. The summed E-state index contributed by atoms with van der Waals surface area (Å²) in [7, 11) is 0. The van der Waals surface area contributed by atoms with Crippen molar-refractivity contribution in [2.24, 2.45) is 0 Å². The van der Waals surface area contributed by atoms with Gasteiger partial charge in [-0.3, -0.25) is 4.79 Å². The predicted octanol–water partition coefficient (Wildman–Crippen LogP) is 3.51. The molecule has 1 saturated heterocycles. The molecule has 2 heterocycles. The Hall–Kier alpha value is -2.88. The largest absolute Gasteiger partial charge is 0.368 e. The number of anilines is 1. The second-order valence-corrected chi connectivity index (χ2v) is 6.45. The number of piperazine rings is 1. The molecule has 4 heteroatoms. The fraction of sp³-hybridized carbons (Fsp3) is 0.238. The second-order valence-electron chi connectivity index (χ2n) is 6.45. The molecule has 1 aliphatic rings. The molecule has 3 aromatic rings. The van der Waals surface area contributed by atoms with Crippen LogP contribution in [0.3, 0.4) is 0 Å². The average molecular weight is 331 g/mol. The monoisotopic (exact) mass is 331 g/mol. The number of carbonyl (C=O) groups is 1. The Morgan fingerprint density at radius 3 is 2.40 bits per heavy atom. The van der Waals surface area contributed by atoms with Gasteiger partial charge in [0.25, 0.3) is 5.91 Å². The molecule has 0 unspecified atom stereocenters. The quantitative estimate of drug-likeness (QED) is 0.721. The van der Waals surface area contributed by atoms with E-state index in [1.54, 1.807) is 0 Å². The van der Waals surface area contributed by atoms with E-state index in [2.05, 4.69) is 41.1 Å². The van der Waals surface area contributed by atoms with E-state index >= 15 is 0 Å². The van der Waals surface area contributed by atoms with Crippen molar-refractivity contribution in [1.29, 1.82) is 0 Å². The van der Waals surface area contributed by atoms with Crippen molar-refractivity contribution < 1.29 is 4.79 Å². The van der Waals surface area contributed by atoms with Crippen LogP contribution in [0.4, 0.5) is 5.69 Å². The summed E-state index contributed by atoms with van der Waals surface area (Å²) in [6.07, 6.45) is 0. The summed E-state index contributed by atoms with van der Waals surface area (Å²) in [6.45, 7) is 5.28. The van der Waals surface area contributed by atoms with Crippen molar-refractivity contribution in [3.8, 4) is 0 Å². The minimum atomic E-state index is 0.0233. The van der Waals surface area contributed by atoms with Gasteiger partial charge >= 0.3 is 0 Å². The number of aromatic nitrogens is 1. The molecule has 0 N–H and O–H groups in total. The topological polar surface area (TPSA) is 36.4 Å². The van der Waals surface area contributed by atoms with Gasteiger partial charge in [-0.1, -0.05) is 42.5 Å². The molecule has 0 aliphatic carbocycles. The van der Waals surface area contributed by atoms with E-state index in [0.29, 0.717) is 5.69 Å². The van der Waals surface area contributed by atoms with E-state index in [1.165, 1.54) is 11.3 Å². The van der Waals surface area contributed by atoms with Gasteiger partial charge in [-0.15, -0.1) is 0 Å². The van der Waals surface area contributed by atoms with E-state index in [1.807, 2.05) is 41.3 Å². The maximum Gasteiger partial charge on any atom is 0.272 e. The Morgan fingerprint density at radius 2 is 1.60 bits per heavy atom. The van der Waals surface area contributed by atoms with Crippen LogP contribution in [0.15, 0.2) is 60.7 Å². The summed E-state index contributed by atoms with van der Waals surface area (Å²) in [5.41, 5.74) is 3.94. The standard InChI is InChI=1S/C21H21N3O/c1-16-6-2-5-9-20(16)23-12-14-24(15-13-23)21(25)19-11-10-17-7-3-4-8-18(17)22-19/h2-11H,12-15H2,1H3. The Kier molecular flexibility index (Phi) is 4.10. The minimum absolute atomic E-state index is 0.0233. The summed E-state index contributed by atoms with van der Waals surface area (Å²) in [5.74, 6) is 0.0233. The fourth-order valence-electron chi connectivity index (χ4n) is 3.42. The van der Waals surface area contributed by atoms with Crippen LogP contribution < -0.4 is 4.90 Å². The highest BCUT2D eigenvalue weighted by molar-refractivity contribution is 5.95. The van der Waals surface area contributed by atoms with Gasteiger partial charge in [0.2, 0.25) is 0 Å². The molecule has 1 fully saturated rings. The molecule has 4 nitrogen and oxygen atoms in total. The van der Waals surface area contributed by atoms with Gasteiger partial charge in [-0.25, -0.2) is 4.98 Å². The molecule has 0 bridgehead atoms. The number of amides is 1. The van der Waals surface area contributed by atoms with Crippen LogP contribution in [0.25, 0.3) is 10.9 Å². The van der Waals surface area contributed by atoms with Gasteiger partial charge in [0.1, 0.15) is 5.69 Å². The smallest absolute Gasteiger partial charge is 0.272 e. The first-order valence-electron chi connectivity index (χ1n) is 8.68. The van der Waals surface area contributed by atoms with E-state index in [0.717, 1.165) is 37.1 Å². The zero-order valence-corrected chi connectivity index (χ0v) is 14.4. The first-order chi connectivity index (χ1) is 12.2. The van der Waals surface area contributed by atoms with E-state index in [9.17, 15) is 4.79 Å². The number of benzene rings is 2. The van der Waals surface area contributed by atoms with Crippen molar-refractivity contribution >= 4 is 22.5 Å². The number of para-hydroxylation sites is 2. The number of carbonyl (C=O) groups excluding carboxylic acids is 1. The first-order valence-corrected chi connectivity index (χ1v) is 8.68. The summed E-state index contributed by atoms with van der Waals surface area (Å²) < 4.78 is 0. The molecule has 1 amide bonds. The van der Waals surface area contributed by atoms with Crippen LogP contribution in [-0.4, -0.2) is 42.0 Å². The molecule has 25 heavy (non-hydrogen) atoms. The molecule has 1 aromatic heterocycles. The minimum Gasteiger partial charge on any atom is -0.368 e. The zero-order valence-electron chi connectivity index (χ0n) is 14.4. The normalized spacial score (nSPS) is 14.8. The van der Waals surface area contributed by atoms with Crippen LogP contribution in [0, 0.1) is 6.92 Å². The van der Waals surface area contributed by atoms with E-state index in [-0.39, 0.29) is 5.91 Å². The lowest BCUT2D eigenvalue weighted by Gasteiger charge is -2.36. The van der Waals surface area contributed by atoms with Gasteiger partial charge in [-0.05, 0) is 30.7 Å². The number of pyridine rings is 1. The van der Waals surface area contributed by atoms with Crippen LogP contribution in [-0.2, 0) is 0 Å². The number of hydrogen-bond acceptors (Lipinski definition) is 3. The Balaban J connectivity index is 1.48. The van der Waals surface area contributed by atoms with Crippen molar-refractivity contribution in [3.05, 3.63) is 71.9 Å². The molecule has 126 valence electrons. The van der Waals surface area contributed by atoms with Crippen LogP contribution in [0.2, 0.25) is 0 Å². The first kappa shape index (κ1) is 15.6.